The molecular weight excluding hydrogens is 392 g/mol. The molecule has 164 valence electrons. The third-order valence-corrected chi connectivity index (χ3v) is 6.99. The smallest absolute Gasteiger partial charge is 0.335 e. The quantitative estimate of drug-likeness (QED) is 0.434. The average molecular weight is 420 g/mol. The lowest BCUT2D eigenvalue weighted by atomic mass is 9.82. The van der Waals surface area contributed by atoms with Crippen molar-refractivity contribution in [3.05, 3.63) is 29.3 Å². The fraction of sp³-hybridized carbons (Fsp3) is 0.667. The minimum absolute atomic E-state index is 0.228. The van der Waals surface area contributed by atoms with E-state index in [0.717, 1.165) is 39.0 Å². The van der Waals surface area contributed by atoms with Crippen molar-refractivity contribution >= 4 is 11.7 Å². The van der Waals surface area contributed by atoms with E-state index in [1.165, 1.54) is 16.8 Å². The first-order valence-electron chi connectivity index (χ1n) is 10.6. The summed E-state index contributed by atoms with van der Waals surface area (Å²) < 4.78 is 11.3. The molecule has 5 N–H and O–H groups in total. The Kier molecular flexibility index (Phi) is 5.20. The van der Waals surface area contributed by atoms with Crippen LogP contribution < -0.4 is 10.2 Å². The van der Waals surface area contributed by atoms with E-state index in [0.29, 0.717) is 11.8 Å². The van der Waals surface area contributed by atoms with Crippen molar-refractivity contribution in [3.8, 4) is 0 Å². The summed E-state index contributed by atoms with van der Waals surface area (Å²) >= 11 is 0. The van der Waals surface area contributed by atoms with Crippen LogP contribution in [0.25, 0.3) is 0 Å². The summed E-state index contributed by atoms with van der Waals surface area (Å²) in [6, 6.07) is 6.44. The van der Waals surface area contributed by atoms with Gasteiger partial charge in [0.25, 0.3) is 0 Å². The van der Waals surface area contributed by atoms with Gasteiger partial charge in [-0.3, -0.25) is 0 Å². The van der Waals surface area contributed by atoms with Crippen molar-refractivity contribution in [2.45, 2.75) is 62.1 Å². The Bertz CT molecular complexity index is 821. The van der Waals surface area contributed by atoms with E-state index in [4.69, 9.17) is 9.47 Å². The summed E-state index contributed by atoms with van der Waals surface area (Å²) in [6.45, 7) is 3.68. The number of aliphatic hydroxyl groups excluding tert-OH is 3. The Labute approximate surface area is 174 Å². The van der Waals surface area contributed by atoms with Gasteiger partial charge in [0, 0.05) is 31.9 Å². The lowest BCUT2D eigenvalue weighted by Crippen LogP contribution is -2.60. The van der Waals surface area contributed by atoms with Crippen LogP contribution in [0.2, 0.25) is 0 Å². The van der Waals surface area contributed by atoms with Crippen LogP contribution in [-0.2, 0) is 20.8 Å². The van der Waals surface area contributed by atoms with Crippen LogP contribution >= 0.6 is 0 Å². The van der Waals surface area contributed by atoms with Crippen molar-refractivity contribution in [2.24, 2.45) is 5.92 Å². The largest absolute Gasteiger partial charge is 0.479 e. The number of nitrogens with one attached hydrogen (secondary N) is 1. The molecule has 8 unspecified atom stereocenters. The maximum absolute atomic E-state index is 11.3. The molecule has 3 heterocycles. The Morgan fingerprint density at radius 1 is 1.17 bits per heavy atom. The summed E-state index contributed by atoms with van der Waals surface area (Å²) in [6.07, 6.45) is -6.51. The molecule has 2 fully saturated rings. The number of fused-ring (bicyclic) bond motifs is 2. The number of aliphatic hydroxyl groups is 3. The van der Waals surface area contributed by atoms with E-state index >= 15 is 0 Å². The molecule has 9 heteroatoms. The zero-order chi connectivity index (χ0) is 21.0. The van der Waals surface area contributed by atoms with E-state index < -0.39 is 36.7 Å². The molecule has 8 atom stereocenters. The summed E-state index contributed by atoms with van der Waals surface area (Å²) in [5, 5.41) is 42.9. The van der Waals surface area contributed by atoms with Gasteiger partial charge in [0.2, 0.25) is 0 Å². The van der Waals surface area contributed by atoms with Gasteiger partial charge in [0.15, 0.2) is 12.4 Å². The third-order valence-electron chi connectivity index (χ3n) is 6.99. The zero-order valence-corrected chi connectivity index (χ0v) is 16.6. The van der Waals surface area contributed by atoms with Gasteiger partial charge in [-0.15, -0.1) is 0 Å². The molecule has 0 bridgehead atoms. The SMILES string of the molecule is O=C(O)C1OC(OC2CC3CN4CCNCc5cccc(c54)C3C2)C(O)C(O)C1O. The molecule has 1 aromatic carbocycles. The molecule has 1 aromatic rings. The highest BCUT2D eigenvalue weighted by Gasteiger charge is 2.50. The summed E-state index contributed by atoms with van der Waals surface area (Å²) in [5.41, 5.74) is 3.95. The fourth-order valence-corrected chi connectivity index (χ4v) is 5.58. The van der Waals surface area contributed by atoms with Crippen LogP contribution in [0.4, 0.5) is 5.69 Å². The lowest BCUT2D eigenvalue weighted by Gasteiger charge is -2.39. The molecule has 1 saturated heterocycles. The second-order valence-corrected chi connectivity index (χ2v) is 8.81. The van der Waals surface area contributed by atoms with Crippen LogP contribution in [0.15, 0.2) is 18.2 Å². The van der Waals surface area contributed by atoms with E-state index in [1.807, 2.05) is 0 Å². The Balaban J connectivity index is 1.34. The first-order valence-corrected chi connectivity index (χ1v) is 10.6. The molecule has 5 rings (SSSR count). The molecule has 0 aromatic heterocycles. The number of nitrogens with zero attached hydrogens (tertiary/aromatic N) is 1. The predicted octanol–water partition coefficient (Wildman–Crippen LogP) is -0.619. The van der Waals surface area contributed by atoms with Crippen molar-refractivity contribution in [1.82, 2.24) is 5.32 Å². The molecule has 1 aliphatic carbocycles. The van der Waals surface area contributed by atoms with Gasteiger partial charge >= 0.3 is 5.97 Å². The molecule has 1 saturated carbocycles. The minimum atomic E-state index is -1.71. The van der Waals surface area contributed by atoms with Crippen LogP contribution in [0.1, 0.15) is 29.9 Å². The van der Waals surface area contributed by atoms with Gasteiger partial charge in [-0.25, -0.2) is 4.79 Å². The normalized spacial score (nSPS) is 40.4. The Morgan fingerprint density at radius 3 is 2.80 bits per heavy atom. The minimum Gasteiger partial charge on any atom is -0.479 e. The molecule has 4 aliphatic rings. The molecule has 0 radical (unpaired) electrons. The van der Waals surface area contributed by atoms with Crippen LogP contribution in [0, 0.1) is 5.92 Å². The number of benzene rings is 1. The number of carboxylic acids is 1. The van der Waals surface area contributed by atoms with Crippen LogP contribution in [0.5, 0.6) is 0 Å². The number of aliphatic carboxylic acids is 1. The van der Waals surface area contributed by atoms with E-state index in [2.05, 4.69) is 28.4 Å². The number of hydrogen-bond donors (Lipinski definition) is 5. The van der Waals surface area contributed by atoms with E-state index in [-0.39, 0.29) is 6.10 Å². The number of hydrogen-bond acceptors (Lipinski definition) is 8. The van der Waals surface area contributed by atoms with Crippen molar-refractivity contribution < 1.29 is 34.7 Å². The lowest BCUT2D eigenvalue weighted by molar-refractivity contribution is -0.303. The standard InChI is InChI=1S/C21H28N2O7/c24-16-17(25)19(20(27)28)30-21(18(16)26)29-12-6-11-9-23-5-4-22-8-10-2-1-3-13(15(10)23)14(11)7-12/h1-3,11-12,14,16-19,21-22,24-26H,4-9H2,(H,27,28). The second-order valence-electron chi connectivity index (χ2n) is 8.81. The molecule has 0 spiro atoms. The maximum atomic E-state index is 11.3. The number of anilines is 1. The van der Waals surface area contributed by atoms with Crippen molar-refractivity contribution in [2.75, 3.05) is 24.5 Å². The zero-order valence-electron chi connectivity index (χ0n) is 16.6. The topological polar surface area (TPSA) is 132 Å². The average Bonchev–Trinajstić information content (AvgIpc) is 3.02. The monoisotopic (exact) mass is 420 g/mol. The molecule has 0 amide bonds. The highest BCUT2D eigenvalue weighted by atomic mass is 16.7. The molecule has 30 heavy (non-hydrogen) atoms. The maximum Gasteiger partial charge on any atom is 0.335 e. The predicted molar refractivity (Wildman–Crippen MR) is 105 cm³/mol. The van der Waals surface area contributed by atoms with Crippen molar-refractivity contribution in [3.63, 3.8) is 0 Å². The Hall–Kier alpha value is -1.75. The number of para-hydroxylation sites is 1. The van der Waals surface area contributed by atoms with E-state index in [9.17, 15) is 25.2 Å². The summed E-state index contributed by atoms with van der Waals surface area (Å²) in [4.78, 5) is 13.8. The fourth-order valence-electron chi connectivity index (χ4n) is 5.58. The number of carboxylic acid groups (broad SMARTS) is 1. The van der Waals surface area contributed by atoms with Gasteiger partial charge in [-0.2, -0.15) is 0 Å². The van der Waals surface area contributed by atoms with Gasteiger partial charge in [0.1, 0.15) is 18.3 Å². The first kappa shape index (κ1) is 20.2. The highest BCUT2D eigenvalue weighted by molar-refractivity contribution is 5.73. The number of rotatable bonds is 3. The van der Waals surface area contributed by atoms with Gasteiger partial charge < -0.3 is 40.1 Å². The summed E-state index contributed by atoms with van der Waals surface area (Å²) in [7, 11) is 0. The van der Waals surface area contributed by atoms with E-state index in [1.54, 1.807) is 0 Å². The highest BCUT2D eigenvalue weighted by Crippen LogP contribution is 2.50. The summed E-state index contributed by atoms with van der Waals surface area (Å²) in [5.74, 6) is -0.685. The van der Waals surface area contributed by atoms with Gasteiger partial charge in [-0.1, -0.05) is 18.2 Å². The van der Waals surface area contributed by atoms with Gasteiger partial charge in [-0.05, 0) is 35.8 Å². The number of carbonyl (C=O) groups is 1. The second kappa shape index (κ2) is 7.74. The van der Waals surface area contributed by atoms with Crippen LogP contribution in [-0.4, -0.2) is 82.8 Å². The molecular formula is C21H28N2O7. The first-order chi connectivity index (χ1) is 14.4. The van der Waals surface area contributed by atoms with Crippen LogP contribution in [0.3, 0.4) is 0 Å². The molecule has 3 aliphatic heterocycles. The number of ether oxygens (including phenoxy) is 2. The Morgan fingerprint density at radius 2 is 2.00 bits per heavy atom. The molecule has 9 nitrogen and oxygen atoms in total. The van der Waals surface area contributed by atoms with Crippen molar-refractivity contribution in [1.29, 1.82) is 0 Å². The van der Waals surface area contributed by atoms with Gasteiger partial charge in [0.05, 0.1) is 6.10 Å². The third kappa shape index (κ3) is 3.30.